The van der Waals surface area contributed by atoms with E-state index in [9.17, 15) is 18.8 Å². The van der Waals surface area contributed by atoms with E-state index in [1.54, 1.807) is 29.1 Å². The van der Waals surface area contributed by atoms with Gasteiger partial charge in [-0.2, -0.15) is 0 Å². The third-order valence-electron chi connectivity index (χ3n) is 3.83. The van der Waals surface area contributed by atoms with Crippen molar-refractivity contribution >= 4 is 46.7 Å². The molecule has 0 bridgehead atoms. The normalized spacial score (nSPS) is 15.5. The van der Waals surface area contributed by atoms with Gasteiger partial charge in [0.25, 0.3) is 11.1 Å². The van der Waals surface area contributed by atoms with Gasteiger partial charge in [-0.1, -0.05) is 30.0 Å². The molecule has 1 aliphatic rings. The number of rotatable bonds is 7. The first-order valence-corrected chi connectivity index (χ1v) is 10.1. The van der Waals surface area contributed by atoms with Gasteiger partial charge in [0.1, 0.15) is 5.82 Å². The maximum absolute atomic E-state index is 13.7. The zero-order valence-corrected chi connectivity index (χ0v) is 16.6. The predicted octanol–water partition coefficient (Wildman–Crippen LogP) is 2.50. The molecule has 3 amide bonds. The number of carbonyl (C=O) groups excluding carboxylic acids is 3. The van der Waals surface area contributed by atoms with Crippen molar-refractivity contribution in [3.05, 3.63) is 52.9 Å². The molecule has 1 aliphatic heterocycles. The third-order valence-corrected chi connectivity index (χ3v) is 5.80. The van der Waals surface area contributed by atoms with Gasteiger partial charge in [-0.25, -0.2) is 9.37 Å². The lowest BCUT2D eigenvalue weighted by Crippen LogP contribution is -2.37. The largest absolute Gasteiger partial charge is 0.354 e. The molecule has 1 aromatic heterocycles. The molecule has 3 rings (SSSR count). The van der Waals surface area contributed by atoms with Crippen LogP contribution in [0.4, 0.5) is 9.18 Å². The lowest BCUT2D eigenvalue weighted by Gasteiger charge is -2.12. The summed E-state index contributed by atoms with van der Waals surface area (Å²) in [5, 5.41) is 2.96. The number of benzene rings is 1. The second kappa shape index (κ2) is 9.07. The van der Waals surface area contributed by atoms with Crippen molar-refractivity contribution in [2.45, 2.75) is 5.16 Å². The Kier molecular flexibility index (Phi) is 6.53. The highest BCUT2D eigenvalue weighted by Gasteiger charge is 2.34. The highest BCUT2D eigenvalue weighted by atomic mass is 32.2. The van der Waals surface area contributed by atoms with Crippen LogP contribution in [0.5, 0.6) is 0 Å². The fraction of sp³-hybridized carbons (Fsp3) is 0.222. The standard InChI is InChI=1S/C18H17FN4O3S2/c1-22-8-6-21-17(22)27-11-15(24)20-7-9-23-16(25)14(28-18(23)26)10-12-4-2-3-5-13(12)19/h2-6,8,10H,7,9,11H2,1H3,(H,20,24)/b14-10-. The van der Waals surface area contributed by atoms with Crippen LogP contribution in [0.15, 0.2) is 46.7 Å². The zero-order valence-electron chi connectivity index (χ0n) is 14.9. The third kappa shape index (κ3) is 4.82. The van der Waals surface area contributed by atoms with Crippen molar-refractivity contribution < 1.29 is 18.8 Å². The maximum atomic E-state index is 13.7. The van der Waals surface area contributed by atoms with E-state index < -0.39 is 17.0 Å². The van der Waals surface area contributed by atoms with Gasteiger partial charge in [-0.15, -0.1) is 0 Å². The molecule has 2 aromatic rings. The molecule has 0 unspecified atom stereocenters. The minimum atomic E-state index is -0.491. The molecule has 1 fully saturated rings. The number of amides is 3. The van der Waals surface area contributed by atoms with Gasteiger partial charge in [0.15, 0.2) is 5.16 Å². The number of aromatic nitrogens is 2. The average molecular weight is 420 g/mol. The highest BCUT2D eigenvalue weighted by Crippen LogP contribution is 2.32. The van der Waals surface area contributed by atoms with Crippen LogP contribution in [-0.2, 0) is 16.6 Å². The molecule has 28 heavy (non-hydrogen) atoms. The van der Waals surface area contributed by atoms with Gasteiger partial charge >= 0.3 is 0 Å². The summed E-state index contributed by atoms with van der Waals surface area (Å²) < 4.78 is 15.5. The maximum Gasteiger partial charge on any atom is 0.293 e. The van der Waals surface area contributed by atoms with Crippen molar-refractivity contribution in [3.8, 4) is 0 Å². The monoisotopic (exact) mass is 420 g/mol. The van der Waals surface area contributed by atoms with Crippen LogP contribution in [0.25, 0.3) is 6.08 Å². The number of imide groups is 1. The Morgan fingerprint density at radius 2 is 2.14 bits per heavy atom. The summed E-state index contributed by atoms with van der Waals surface area (Å²) in [6, 6.07) is 6.02. The molecule has 0 aliphatic carbocycles. The number of nitrogens with zero attached hydrogens (tertiary/aromatic N) is 3. The van der Waals surface area contributed by atoms with Crippen LogP contribution in [-0.4, -0.2) is 50.3 Å². The molecule has 2 heterocycles. The number of hydrogen-bond donors (Lipinski definition) is 1. The highest BCUT2D eigenvalue weighted by molar-refractivity contribution is 8.18. The summed E-state index contributed by atoms with van der Waals surface area (Å²) in [4.78, 5) is 41.7. The number of nitrogens with one attached hydrogen (secondary N) is 1. The van der Waals surface area contributed by atoms with E-state index >= 15 is 0 Å². The molecule has 0 atom stereocenters. The fourth-order valence-corrected chi connectivity index (χ4v) is 4.02. The van der Waals surface area contributed by atoms with E-state index in [4.69, 9.17) is 0 Å². The Labute approximate surface area is 169 Å². The summed E-state index contributed by atoms with van der Waals surface area (Å²) in [6.45, 7) is 0.197. The van der Waals surface area contributed by atoms with E-state index in [2.05, 4.69) is 10.3 Å². The topological polar surface area (TPSA) is 84.3 Å². The van der Waals surface area contributed by atoms with E-state index in [0.717, 1.165) is 21.8 Å². The van der Waals surface area contributed by atoms with Crippen LogP contribution in [0.1, 0.15) is 5.56 Å². The Morgan fingerprint density at radius 1 is 1.36 bits per heavy atom. The van der Waals surface area contributed by atoms with Crippen LogP contribution < -0.4 is 5.32 Å². The SMILES string of the molecule is Cn1ccnc1SCC(=O)NCCN1C(=O)S/C(=C\c2ccccc2F)C1=O. The molecule has 146 valence electrons. The predicted molar refractivity (Wildman–Crippen MR) is 106 cm³/mol. The number of thioether (sulfide) groups is 2. The summed E-state index contributed by atoms with van der Waals surface area (Å²) >= 11 is 2.05. The van der Waals surface area contributed by atoms with Crippen LogP contribution >= 0.6 is 23.5 Å². The van der Waals surface area contributed by atoms with Gasteiger partial charge in [-0.3, -0.25) is 19.3 Å². The van der Waals surface area contributed by atoms with E-state index in [-0.39, 0.29) is 35.2 Å². The average Bonchev–Trinajstić information content (AvgIpc) is 3.19. The molecule has 0 spiro atoms. The van der Waals surface area contributed by atoms with Crippen molar-refractivity contribution in [2.75, 3.05) is 18.8 Å². The Balaban J connectivity index is 1.50. The van der Waals surface area contributed by atoms with Gasteiger partial charge in [0.05, 0.1) is 10.7 Å². The lowest BCUT2D eigenvalue weighted by molar-refractivity contribution is -0.123. The second-order valence-electron chi connectivity index (χ2n) is 5.81. The van der Waals surface area contributed by atoms with Crippen molar-refractivity contribution in [2.24, 2.45) is 7.05 Å². The fourth-order valence-electron chi connectivity index (χ4n) is 2.41. The zero-order chi connectivity index (χ0) is 20.1. The molecular weight excluding hydrogens is 403 g/mol. The molecule has 0 saturated carbocycles. The van der Waals surface area contributed by atoms with Gasteiger partial charge in [-0.05, 0) is 23.9 Å². The molecule has 10 heteroatoms. The second-order valence-corrected chi connectivity index (χ2v) is 7.75. The number of halogens is 1. The molecule has 1 N–H and O–H groups in total. The number of aryl methyl sites for hydroxylation is 1. The summed E-state index contributed by atoms with van der Waals surface area (Å²) in [7, 11) is 1.84. The van der Waals surface area contributed by atoms with Crippen molar-refractivity contribution in [1.82, 2.24) is 19.8 Å². The lowest BCUT2D eigenvalue weighted by atomic mass is 10.2. The van der Waals surface area contributed by atoms with Gasteiger partial charge in [0.2, 0.25) is 5.91 Å². The van der Waals surface area contributed by atoms with E-state index in [1.165, 1.54) is 30.0 Å². The molecule has 7 nitrogen and oxygen atoms in total. The van der Waals surface area contributed by atoms with Crippen LogP contribution in [0.3, 0.4) is 0 Å². The number of carbonyl (C=O) groups is 3. The van der Waals surface area contributed by atoms with Crippen LogP contribution in [0.2, 0.25) is 0 Å². The van der Waals surface area contributed by atoms with Gasteiger partial charge in [0, 0.05) is 38.1 Å². The molecule has 1 aromatic carbocycles. The first kappa shape index (κ1) is 20.2. The number of hydrogen-bond acceptors (Lipinski definition) is 6. The summed E-state index contributed by atoms with van der Waals surface area (Å²) in [5.74, 6) is -0.997. The van der Waals surface area contributed by atoms with Crippen molar-refractivity contribution in [3.63, 3.8) is 0 Å². The minimum Gasteiger partial charge on any atom is -0.354 e. The number of imidazole rings is 1. The Hall–Kier alpha value is -2.59. The Morgan fingerprint density at radius 3 is 2.86 bits per heavy atom. The smallest absolute Gasteiger partial charge is 0.293 e. The molecule has 0 radical (unpaired) electrons. The van der Waals surface area contributed by atoms with Crippen molar-refractivity contribution in [1.29, 1.82) is 0 Å². The summed E-state index contributed by atoms with van der Waals surface area (Å²) in [6.07, 6.45) is 4.80. The van der Waals surface area contributed by atoms with E-state index in [0.29, 0.717) is 0 Å². The quantitative estimate of drug-likeness (QED) is 0.547. The summed E-state index contributed by atoms with van der Waals surface area (Å²) in [5.41, 5.74) is 0.243. The van der Waals surface area contributed by atoms with Crippen LogP contribution in [0, 0.1) is 5.82 Å². The first-order valence-electron chi connectivity index (χ1n) is 8.32. The van der Waals surface area contributed by atoms with E-state index in [1.807, 2.05) is 7.05 Å². The molecular formula is C18H17FN4O3S2. The minimum absolute atomic E-state index is 0.0537. The first-order chi connectivity index (χ1) is 13.5. The molecule has 1 saturated heterocycles. The van der Waals surface area contributed by atoms with Gasteiger partial charge < -0.3 is 9.88 Å². The Bertz CT molecular complexity index is 944.